The molecule has 0 spiro atoms. The van der Waals surface area contributed by atoms with Crippen molar-refractivity contribution in [1.29, 1.82) is 0 Å². The average molecular weight is 174 g/mol. The molecule has 0 aliphatic carbocycles. The van der Waals surface area contributed by atoms with E-state index in [1.165, 1.54) is 23.9 Å². The van der Waals surface area contributed by atoms with E-state index in [1.807, 2.05) is 0 Å². The van der Waals surface area contributed by atoms with E-state index in [-0.39, 0.29) is 0 Å². The van der Waals surface area contributed by atoms with E-state index in [4.69, 9.17) is 0 Å². The predicted octanol–water partition coefficient (Wildman–Crippen LogP) is 1.92. The minimum Gasteiger partial charge on any atom is -0.0889 e. The smallest absolute Gasteiger partial charge is 0.0889 e. The lowest BCUT2D eigenvalue weighted by Crippen LogP contribution is -2.07. The van der Waals surface area contributed by atoms with Crippen LogP contribution in [-0.4, -0.2) is 7.85 Å². The van der Waals surface area contributed by atoms with Crippen LogP contribution in [0.2, 0.25) is 0 Å². The van der Waals surface area contributed by atoms with E-state index >= 15 is 0 Å². The first-order valence-corrected chi connectivity index (χ1v) is 5.03. The van der Waals surface area contributed by atoms with Crippen LogP contribution in [0.1, 0.15) is 32.8 Å². The van der Waals surface area contributed by atoms with Crippen LogP contribution in [-0.2, 0) is 6.42 Å². The van der Waals surface area contributed by atoms with Crippen molar-refractivity contribution in [3.8, 4) is 0 Å². The molecule has 1 aromatic rings. The fourth-order valence-electron chi connectivity index (χ4n) is 1.27. The first kappa shape index (κ1) is 10.4. The molecule has 0 aliphatic heterocycles. The van der Waals surface area contributed by atoms with E-state index in [0.29, 0.717) is 5.41 Å². The maximum absolute atomic E-state index is 2.29. The summed E-state index contributed by atoms with van der Waals surface area (Å²) in [4.78, 5) is 0. The van der Waals surface area contributed by atoms with Gasteiger partial charge in [-0.15, -0.1) is 0 Å². The van der Waals surface area contributed by atoms with Crippen molar-refractivity contribution in [2.24, 2.45) is 5.41 Å². The number of hydrogen-bond acceptors (Lipinski definition) is 0. The van der Waals surface area contributed by atoms with Gasteiger partial charge in [0.05, 0.1) is 0 Å². The Balaban J connectivity index is 2.51. The van der Waals surface area contributed by atoms with Crippen LogP contribution in [0.15, 0.2) is 24.3 Å². The summed E-state index contributed by atoms with van der Waals surface area (Å²) in [5.74, 6) is 0. The van der Waals surface area contributed by atoms with E-state index < -0.39 is 0 Å². The van der Waals surface area contributed by atoms with Crippen LogP contribution < -0.4 is 5.46 Å². The van der Waals surface area contributed by atoms with Crippen molar-refractivity contribution < 1.29 is 0 Å². The Kier molecular flexibility index (Phi) is 3.19. The molecular formula is C12H19B. The van der Waals surface area contributed by atoms with Gasteiger partial charge in [0.1, 0.15) is 7.85 Å². The molecule has 0 unspecified atom stereocenters. The normalized spacial score (nSPS) is 11.6. The van der Waals surface area contributed by atoms with Crippen molar-refractivity contribution in [1.82, 2.24) is 0 Å². The Labute approximate surface area is 82.8 Å². The Morgan fingerprint density at radius 1 is 1.08 bits per heavy atom. The lowest BCUT2D eigenvalue weighted by molar-refractivity contribution is 0.378. The van der Waals surface area contributed by atoms with Gasteiger partial charge in [0.2, 0.25) is 0 Å². The monoisotopic (exact) mass is 174 g/mol. The summed E-state index contributed by atoms with van der Waals surface area (Å²) < 4.78 is 0. The van der Waals surface area contributed by atoms with Crippen LogP contribution in [0.4, 0.5) is 0 Å². The van der Waals surface area contributed by atoms with Gasteiger partial charge in [-0.2, -0.15) is 0 Å². The number of benzene rings is 1. The van der Waals surface area contributed by atoms with Crippen LogP contribution in [0, 0.1) is 5.41 Å². The van der Waals surface area contributed by atoms with Gasteiger partial charge in [-0.1, -0.05) is 50.5 Å². The summed E-state index contributed by atoms with van der Waals surface area (Å²) in [7, 11) is 2.13. The molecule has 70 valence electrons. The number of aryl methyl sites for hydroxylation is 1. The molecule has 0 heterocycles. The largest absolute Gasteiger partial charge is 0.139 e. The third-order valence-corrected chi connectivity index (χ3v) is 2.28. The average Bonchev–Trinajstić information content (AvgIpc) is 2.02. The Morgan fingerprint density at radius 2 is 1.62 bits per heavy atom. The summed E-state index contributed by atoms with van der Waals surface area (Å²) in [6.45, 7) is 6.88. The van der Waals surface area contributed by atoms with E-state index in [1.54, 1.807) is 0 Å². The SMILES string of the molecule is Bc1ccc(CCC(C)(C)C)cc1. The van der Waals surface area contributed by atoms with Crippen LogP contribution >= 0.6 is 0 Å². The molecule has 0 nitrogen and oxygen atoms in total. The molecule has 0 N–H and O–H groups in total. The van der Waals surface area contributed by atoms with E-state index in [2.05, 4.69) is 52.9 Å². The standard InChI is InChI=1S/C12H19B/c1-12(2,3)9-8-10-4-6-11(13)7-5-10/h4-7H,8-9,13H2,1-3H3. The molecule has 0 fully saturated rings. The molecule has 0 saturated heterocycles. The van der Waals surface area contributed by atoms with Crippen molar-refractivity contribution in [2.75, 3.05) is 0 Å². The highest BCUT2D eigenvalue weighted by molar-refractivity contribution is 6.32. The van der Waals surface area contributed by atoms with Crippen molar-refractivity contribution in [2.45, 2.75) is 33.6 Å². The number of rotatable bonds is 2. The fraction of sp³-hybridized carbons (Fsp3) is 0.500. The second-order valence-corrected chi connectivity index (χ2v) is 5.05. The van der Waals surface area contributed by atoms with Crippen molar-refractivity contribution in [3.63, 3.8) is 0 Å². The zero-order valence-electron chi connectivity index (χ0n) is 9.22. The second-order valence-electron chi connectivity index (χ2n) is 5.05. The fourth-order valence-corrected chi connectivity index (χ4v) is 1.27. The highest BCUT2D eigenvalue weighted by Gasteiger charge is 2.09. The topological polar surface area (TPSA) is 0 Å². The third kappa shape index (κ3) is 4.16. The Bertz CT molecular complexity index is 253. The molecule has 1 aromatic carbocycles. The van der Waals surface area contributed by atoms with Crippen LogP contribution in [0.25, 0.3) is 0 Å². The van der Waals surface area contributed by atoms with Gasteiger partial charge < -0.3 is 0 Å². The van der Waals surface area contributed by atoms with E-state index in [9.17, 15) is 0 Å². The maximum Gasteiger partial charge on any atom is 0.139 e. The van der Waals surface area contributed by atoms with Crippen LogP contribution in [0.5, 0.6) is 0 Å². The molecule has 13 heavy (non-hydrogen) atoms. The molecule has 0 atom stereocenters. The van der Waals surface area contributed by atoms with Gasteiger partial charge in [-0.25, -0.2) is 0 Å². The van der Waals surface area contributed by atoms with Gasteiger partial charge in [-0.05, 0) is 23.8 Å². The molecule has 1 rings (SSSR count). The van der Waals surface area contributed by atoms with Gasteiger partial charge in [0.25, 0.3) is 0 Å². The Morgan fingerprint density at radius 3 is 2.08 bits per heavy atom. The predicted molar refractivity (Wildman–Crippen MR) is 62.4 cm³/mol. The zero-order chi connectivity index (χ0) is 9.90. The number of hydrogen-bond donors (Lipinski definition) is 0. The molecule has 0 aromatic heterocycles. The molecule has 0 radical (unpaired) electrons. The molecule has 0 amide bonds. The van der Waals surface area contributed by atoms with Gasteiger partial charge in [-0.3, -0.25) is 0 Å². The summed E-state index contributed by atoms with van der Waals surface area (Å²) in [5, 5.41) is 0. The maximum atomic E-state index is 2.29. The summed E-state index contributed by atoms with van der Waals surface area (Å²) in [6, 6.07) is 8.86. The molecule has 0 bridgehead atoms. The molecule has 1 heteroatoms. The van der Waals surface area contributed by atoms with Gasteiger partial charge in [0.15, 0.2) is 0 Å². The highest BCUT2D eigenvalue weighted by atomic mass is 14.1. The lowest BCUT2D eigenvalue weighted by atomic mass is 9.87. The molecule has 0 saturated carbocycles. The minimum atomic E-state index is 0.449. The van der Waals surface area contributed by atoms with Crippen molar-refractivity contribution >= 4 is 13.3 Å². The van der Waals surface area contributed by atoms with Crippen molar-refractivity contribution in [3.05, 3.63) is 29.8 Å². The zero-order valence-corrected chi connectivity index (χ0v) is 9.22. The van der Waals surface area contributed by atoms with Crippen LogP contribution in [0.3, 0.4) is 0 Å². The Hall–Kier alpha value is -0.715. The molecule has 0 aliphatic rings. The summed E-state index contributed by atoms with van der Waals surface area (Å²) in [5.41, 5.74) is 3.25. The highest BCUT2D eigenvalue weighted by Crippen LogP contribution is 2.20. The first-order chi connectivity index (χ1) is 5.97. The quantitative estimate of drug-likeness (QED) is 0.601. The summed E-state index contributed by atoms with van der Waals surface area (Å²) >= 11 is 0. The van der Waals surface area contributed by atoms with E-state index in [0.717, 1.165) is 0 Å². The van der Waals surface area contributed by atoms with Gasteiger partial charge in [0, 0.05) is 0 Å². The third-order valence-electron chi connectivity index (χ3n) is 2.28. The summed E-state index contributed by atoms with van der Waals surface area (Å²) in [6.07, 6.45) is 2.46. The van der Waals surface area contributed by atoms with Gasteiger partial charge >= 0.3 is 0 Å². The lowest BCUT2D eigenvalue weighted by Gasteiger charge is -2.17. The first-order valence-electron chi connectivity index (χ1n) is 5.03. The second kappa shape index (κ2) is 4.00. The minimum absolute atomic E-state index is 0.449. The molecular weight excluding hydrogens is 155 g/mol.